The van der Waals surface area contributed by atoms with Crippen molar-refractivity contribution in [1.29, 1.82) is 5.53 Å². The quantitative estimate of drug-likeness (QED) is 0.328. The van der Waals surface area contributed by atoms with Crippen LogP contribution >= 0.6 is 0 Å². The summed E-state index contributed by atoms with van der Waals surface area (Å²) >= 11 is 0. The predicted molar refractivity (Wildman–Crippen MR) is 40.0 cm³/mol. The Morgan fingerprint density at radius 2 is 2.31 bits per heavy atom. The molecule has 1 aromatic carbocycles. The lowest BCUT2D eigenvalue weighted by molar-refractivity contribution is -0.387. The molecule has 0 saturated heterocycles. The van der Waals surface area contributed by atoms with Gasteiger partial charge < -0.3 is 0 Å². The lowest BCUT2D eigenvalue weighted by Crippen LogP contribution is -1.91. The molecule has 0 atom stereocenters. The van der Waals surface area contributed by atoms with Crippen LogP contribution in [-0.4, -0.2) is 4.92 Å². The van der Waals surface area contributed by atoms with E-state index in [4.69, 9.17) is 5.53 Å². The number of benzene rings is 1. The van der Waals surface area contributed by atoms with E-state index in [1.165, 1.54) is 6.07 Å². The first-order valence-corrected chi connectivity index (χ1v) is 3.16. The topological polar surface area (TPSA) is 93.5 Å². The van der Waals surface area contributed by atoms with Crippen molar-refractivity contribution >= 4 is 11.4 Å². The van der Waals surface area contributed by atoms with Crippen LogP contribution in [0.5, 0.6) is 0 Å². The number of nitro benzene ring substituents is 1. The lowest BCUT2D eigenvalue weighted by atomic mass is 10.3. The van der Waals surface area contributed by atoms with Gasteiger partial charge in [0.2, 0.25) is 10.7 Å². The molecule has 0 radical (unpaired) electrons. The Morgan fingerprint density at radius 3 is 2.85 bits per heavy atom. The molecule has 66 valence electrons. The Kier molecular flexibility index (Phi) is 2.41. The van der Waals surface area contributed by atoms with Gasteiger partial charge >= 0.3 is 5.69 Å². The third-order valence-electron chi connectivity index (χ3n) is 1.29. The summed E-state index contributed by atoms with van der Waals surface area (Å²) in [5, 5.41) is 13.4. The Labute approximate surface area is 71.4 Å². The van der Waals surface area contributed by atoms with Crippen LogP contribution in [0, 0.1) is 21.5 Å². The summed E-state index contributed by atoms with van der Waals surface area (Å²) in [6, 6.07) is 3.01. The Balaban J connectivity index is 3.26. The third-order valence-corrected chi connectivity index (χ3v) is 1.29. The molecule has 1 N–H and O–H groups in total. The van der Waals surface area contributed by atoms with E-state index >= 15 is 0 Å². The van der Waals surface area contributed by atoms with Crippen molar-refractivity contribution < 1.29 is 9.31 Å². The van der Waals surface area contributed by atoms with Crippen LogP contribution in [0.25, 0.3) is 0 Å². The molecule has 0 amide bonds. The molecule has 0 unspecified atom stereocenters. The molecule has 0 bridgehead atoms. The van der Waals surface area contributed by atoms with Gasteiger partial charge in [-0.2, -0.15) is 4.39 Å². The fourth-order valence-corrected chi connectivity index (χ4v) is 0.761. The summed E-state index contributed by atoms with van der Waals surface area (Å²) < 4.78 is 12.7. The number of hydrogen-bond donors (Lipinski definition) is 1. The molecular weight excluding hydrogens is 179 g/mol. The summed E-state index contributed by atoms with van der Waals surface area (Å²) in [4.78, 5) is 12.0. The average molecular weight is 183 g/mol. The zero-order valence-corrected chi connectivity index (χ0v) is 6.27. The van der Waals surface area contributed by atoms with Gasteiger partial charge in [0.1, 0.15) is 5.53 Å². The molecule has 0 saturated carbocycles. The second-order valence-corrected chi connectivity index (χ2v) is 2.09. The van der Waals surface area contributed by atoms with Crippen molar-refractivity contribution in [2.24, 2.45) is 5.11 Å². The van der Waals surface area contributed by atoms with Gasteiger partial charge in [0.05, 0.1) is 11.0 Å². The van der Waals surface area contributed by atoms with Gasteiger partial charge in [-0.25, -0.2) is 0 Å². The highest BCUT2D eigenvalue weighted by Gasteiger charge is 2.15. The number of nitrogens with one attached hydrogen (secondary N) is 1. The highest BCUT2D eigenvalue weighted by Crippen LogP contribution is 2.22. The summed E-state index contributed by atoms with van der Waals surface area (Å²) in [5.41, 5.74) is 5.76. The second-order valence-electron chi connectivity index (χ2n) is 2.09. The van der Waals surface area contributed by atoms with Crippen LogP contribution in [-0.2, 0) is 0 Å². The number of halogens is 1. The normalized spacial score (nSPS) is 9.00. The van der Waals surface area contributed by atoms with E-state index < -0.39 is 16.4 Å². The maximum atomic E-state index is 12.7. The first-order chi connectivity index (χ1) is 6.15. The van der Waals surface area contributed by atoms with Gasteiger partial charge in [-0.15, -0.1) is 0 Å². The van der Waals surface area contributed by atoms with E-state index in [0.717, 1.165) is 12.1 Å². The minimum Gasteiger partial charge on any atom is -0.258 e. The summed E-state index contributed by atoms with van der Waals surface area (Å²) in [6.45, 7) is 0. The van der Waals surface area contributed by atoms with E-state index in [9.17, 15) is 14.5 Å². The number of hydrogen-bond acceptors (Lipinski definition) is 4. The monoisotopic (exact) mass is 183 g/mol. The molecule has 1 aromatic rings. The average Bonchev–Trinajstić information content (AvgIpc) is 2.08. The highest BCUT2D eigenvalue weighted by atomic mass is 19.1. The van der Waals surface area contributed by atoms with E-state index in [0.29, 0.717) is 0 Å². The number of rotatable bonds is 2. The van der Waals surface area contributed by atoms with E-state index in [2.05, 4.69) is 10.0 Å². The largest absolute Gasteiger partial charge is 0.307 e. The smallest absolute Gasteiger partial charge is 0.258 e. The second kappa shape index (κ2) is 3.51. The van der Waals surface area contributed by atoms with Crippen LogP contribution in [0.1, 0.15) is 0 Å². The van der Waals surface area contributed by atoms with Crippen molar-refractivity contribution in [3.63, 3.8) is 0 Å². The first kappa shape index (κ1) is 8.95. The molecule has 0 heterocycles. The molecule has 0 aromatic heterocycles. The Morgan fingerprint density at radius 1 is 1.62 bits per heavy atom. The van der Waals surface area contributed by atoms with Gasteiger partial charge in [0.15, 0.2) is 10.8 Å². The standard InChI is InChI=1S/C6H4FN4O2/c7-5-2-1-4(9-10-8)3-6(5)11(12)13/h1-3,8H/q+1. The first-order valence-electron chi connectivity index (χ1n) is 3.16. The van der Waals surface area contributed by atoms with Crippen molar-refractivity contribution in [3.8, 4) is 0 Å². The fourth-order valence-electron chi connectivity index (χ4n) is 0.761. The van der Waals surface area contributed by atoms with Crippen molar-refractivity contribution in [1.82, 2.24) is 4.91 Å². The third kappa shape index (κ3) is 1.91. The zero-order chi connectivity index (χ0) is 9.84. The number of nitro groups is 1. The zero-order valence-electron chi connectivity index (χ0n) is 6.27. The maximum Gasteiger partial charge on any atom is 0.307 e. The van der Waals surface area contributed by atoms with Crippen molar-refractivity contribution in [2.45, 2.75) is 0 Å². The Bertz CT molecular complexity index is 400. The molecule has 13 heavy (non-hydrogen) atoms. The van der Waals surface area contributed by atoms with Crippen LogP contribution in [0.3, 0.4) is 0 Å². The van der Waals surface area contributed by atoms with E-state index in [-0.39, 0.29) is 5.69 Å². The highest BCUT2D eigenvalue weighted by molar-refractivity contribution is 5.47. The summed E-state index contributed by atoms with van der Waals surface area (Å²) in [5.74, 6) is -0.936. The molecular formula is C6H4FN4O2+. The molecule has 0 spiro atoms. The fraction of sp³-hybridized carbons (Fsp3) is 0. The van der Waals surface area contributed by atoms with Gasteiger partial charge in [-0.1, -0.05) is 0 Å². The van der Waals surface area contributed by atoms with Crippen LogP contribution in [0.15, 0.2) is 23.3 Å². The lowest BCUT2D eigenvalue weighted by Gasteiger charge is -1.91. The molecule has 0 aliphatic carbocycles. The molecule has 0 aliphatic rings. The van der Waals surface area contributed by atoms with Gasteiger partial charge in [0.25, 0.3) is 0 Å². The van der Waals surface area contributed by atoms with Crippen LogP contribution in [0.2, 0.25) is 0 Å². The number of nitrogens with zero attached hydrogens (tertiary/aromatic N) is 3. The predicted octanol–water partition coefficient (Wildman–Crippen LogP) is 1.92. The molecule has 6 nitrogen and oxygen atoms in total. The SMILES string of the molecule is N=[N+]=Nc1ccc(F)c([N+](=O)[O-])c1. The van der Waals surface area contributed by atoms with Crippen molar-refractivity contribution in [2.75, 3.05) is 0 Å². The molecule has 7 heteroatoms. The van der Waals surface area contributed by atoms with Gasteiger partial charge in [-0.05, 0) is 12.1 Å². The molecule has 0 fully saturated rings. The van der Waals surface area contributed by atoms with Crippen molar-refractivity contribution in [3.05, 3.63) is 34.1 Å². The maximum absolute atomic E-state index is 12.7. The molecule has 1 rings (SSSR count). The van der Waals surface area contributed by atoms with E-state index in [1.54, 1.807) is 0 Å². The minimum absolute atomic E-state index is 0.0723. The van der Waals surface area contributed by atoms with E-state index in [1.807, 2.05) is 0 Å². The van der Waals surface area contributed by atoms with Crippen LogP contribution < -0.4 is 4.91 Å². The van der Waals surface area contributed by atoms with Gasteiger partial charge in [-0.3, -0.25) is 10.1 Å². The summed E-state index contributed by atoms with van der Waals surface area (Å²) in [7, 11) is 0. The Hall–Kier alpha value is -2.14. The van der Waals surface area contributed by atoms with Crippen LogP contribution in [0.4, 0.5) is 15.8 Å². The molecule has 0 aliphatic heterocycles. The minimum atomic E-state index is -0.936. The summed E-state index contributed by atoms with van der Waals surface area (Å²) in [6.07, 6.45) is 0. The van der Waals surface area contributed by atoms with Gasteiger partial charge in [0, 0.05) is 0 Å².